The van der Waals surface area contributed by atoms with Crippen molar-refractivity contribution >= 4 is 40.7 Å². The lowest BCUT2D eigenvalue weighted by atomic mass is 10.0. The van der Waals surface area contributed by atoms with E-state index in [1.807, 2.05) is 0 Å². The summed E-state index contributed by atoms with van der Waals surface area (Å²) < 4.78 is 0. The van der Waals surface area contributed by atoms with Crippen LogP contribution in [0.1, 0.15) is 44.9 Å². The molecule has 1 aliphatic heterocycles. The summed E-state index contributed by atoms with van der Waals surface area (Å²) in [6.07, 6.45) is 7.09. The normalized spacial score (nSPS) is 22.5. The summed E-state index contributed by atoms with van der Waals surface area (Å²) in [7, 11) is 0. The number of nitrogens with one attached hydrogen (secondary N) is 1. The van der Waals surface area contributed by atoms with Gasteiger partial charge in [0.25, 0.3) is 0 Å². The predicted molar refractivity (Wildman–Crippen MR) is 96.6 cm³/mol. The topological polar surface area (TPSA) is 49.4 Å². The first-order chi connectivity index (χ1) is 11.6. The lowest BCUT2D eigenvalue weighted by Crippen LogP contribution is -2.39. The molecule has 1 aromatic rings. The summed E-state index contributed by atoms with van der Waals surface area (Å²) in [4.78, 5) is 26.5. The van der Waals surface area contributed by atoms with E-state index in [1.54, 1.807) is 23.1 Å². The Morgan fingerprint density at radius 2 is 1.71 bits per heavy atom. The van der Waals surface area contributed by atoms with Crippen molar-refractivity contribution in [2.45, 2.75) is 51.0 Å². The molecule has 6 heteroatoms. The van der Waals surface area contributed by atoms with Gasteiger partial charge in [0.15, 0.2) is 0 Å². The quantitative estimate of drug-likeness (QED) is 0.813. The molecule has 130 valence electrons. The molecule has 4 nitrogen and oxygen atoms in total. The van der Waals surface area contributed by atoms with Gasteiger partial charge in [-0.3, -0.25) is 9.59 Å². The maximum absolute atomic E-state index is 12.6. The third kappa shape index (κ3) is 3.86. The molecular weight excluding hydrogens is 347 g/mol. The van der Waals surface area contributed by atoms with Crippen LogP contribution >= 0.6 is 23.2 Å². The molecule has 1 unspecified atom stereocenters. The zero-order chi connectivity index (χ0) is 17.1. The van der Waals surface area contributed by atoms with Crippen LogP contribution in [0, 0.1) is 5.92 Å². The van der Waals surface area contributed by atoms with Gasteiger partial charge in [-0.15, -0.1) is 0 Å². The van der Waals surface area contributed by atoms with E-state index in [4.69, 9.17) is 23.2 Å². The molecule has 2 amide bonds. The van der Waals surface area contributed by atoms with E-state index in [0.29, 0.717) is 22.3 Å². The first-order valence-electron chi connectivity index (χ1n) is 8.61. The molecular formula is C18H22Cl2N2O2. The Morgan fingerprint density at radius 1 is 1.08 bits per heavy atom. The fraction of sp³-hybridized carbons (Fsp3) is 0.556. The number of anilines is 1. The van der Waals surface area contributed by atoms with Gasteiger partial charge in [-0.05, 0) is 25.0 Å². The number of carbonyl (C=O) groups excluding carboxylic acids is 2. The van der Waals surface area contributed by atoms with Crippen molar-refractivity contribution in [3.8, 4) is 0 Å². The van der Waals surface area contributed by atoms with Gasteiger partial charge in [-0.1, -0.05) is 55.0 Å². The van der Waals surface area contributed by atoms with Crippen LogP contribution in [0.5, 0.6) is 0 Å². The molecule has 24 heavy (non-hydrogen) atoms. The second kappa shape index (κ2) is 7.75. The van der Waals surface area contributed by atoms with Gasteiger partial charge >= 0.3 is 0 Å². The van der Waals surface area contributed by atoms with E-state index < -0.39 is 0 Å². The second-order valence-corrected chi connectivity index (χ2v) is 7.49. The average Bonchev–Trinajstić information content (AvgIpc) is 2.75. The van der Waals surface area contributed by atoms with Gasteiger partial charge in [-0.2, -0.15) is 0 Å². The van der Waals surface area contributed by atoms with Crippen molar-refractivity contribution in [1.29, 1.82) is 0 Å². The molecule has 3 rings (SSSR count). The minimum Gasteiger partial charge on any atom is -0.353 e. The molecule has 1 atom stereocenters. The van der Waals surface area contributed by atoms with E-state index in [1.165, 1.54) is 12.8 Å². The van der Waals surface area contributed by atoms with Gasteiger partial charge in [0.1, 0.15) is 0 Å². The summed E-state index contributed by atoms with van der Waals surface area (Å²) in [6, 6.07) is 5.39. The Morgan fingerprint density at radius 3 is 2.33 bits per heavy atom. The lowest BCUT2D eigenvalue weighted by Gasteiger charge is -2.21. The fourth-order valence-electron chi connectivity index (χ4n) is 3.59. The van der Waals surface area contributed by atoms with Crippen molar-refractivity contribution in [1.82, 2.24) is 5.32 Å². The van der Waals surface area contributed by atoms with Gasteiger partial charge in [0.05, 0.1) is 21.7 Å². The Hall–Kier alpha value is -1.26. The Labute approximate surface area is 152 Å². The number of carbonyl (C=O) groups is 2. The highest BCUT2D eigenvalue weighted by molar-refractivity contribution is 6.40. The summed E-state index contributed by atoms with van der Waals surface area (Å²) in [6.45, 7) is 0.334. The fourth-order valence-corrected chi connectivity index (χ4v) is 4.19. The van der Waals surface area contributed by atoms with E-state index in [9.17, 15) is 9.59 Å². The lowest BCUT2D eigenvalue weighted by molar-refractivity contribution is -0.127. The third-order valence-corrected chi connectivity index (χ3v) is 5.51. The standard InChI is InChI=1S/C18H22Cl2N2O2/c19-14-8-5-9-15(20)17(14)22-11-12(10-16(22)23)18(24)21-13-6-3-1-2-4-7-13/h5,8-9,12-13H,1-4,6-7,10-11H2,(H,21,24). The number of halogens is 2. The average molecular weight is 369 g/mol. The number of rotatable bonds is 3. The van der Waals surface area contributed by atoms with Gasteiger partial charge < -0.3 is 10.2 Å². The highest BCUT2D eigenvalue weighted by Crippen LogP contribution is 2.37. The zero-order valence-corrected chi connectivity index (χ0v) is 15.1. The van der Waals surface area contributed by atoms with Gasteiger partial charge in [0.2, 0.25) is 11.8 Å². The van der Waals surface area contributed by atoms with Crippen LogP contribution in [-0.2, 0) is 9.59 Å². The molecule has 1 N–H and O–H groups in total. The van der Waals surface area contributed by atoms with Gasteiger partial charge in [-0.25, -0.2) is 0 Å². The number of benzene rings is 1. The Balaban J connectivity index is 1.67. The molecule has 1 aliphatic carbocycles. The molecule has 1 saturated carbocycles. The van der Waals surface area contributed by atoms with Crippen molar-refractivity contribution in [2.75, 3.05) is 11.4 Å². The molecule has 1 aromatic carbocycles. The summed E-state index contributed by atoms with van der Waals surface area (Å²) in [5.41, 5.74) is 0.510. The number of hydrogen-bond acceptors (Lipinski definition) is 2. The van der Waals surface area contributed by atoms with E-state index in [2.05, 4.69) is 5.32 Å². The third-order valence-electron chi connectivity index (χ3n) is 4.90. The first kappa shape index (κ1) is 17.6. The minimum absolute atomic E-state index is 0.0269. The van der Waals surface area contributed by atoms with Crippen molar-refractivity contribution < 1.29 is 9.59 Å². The van der Waals surface area contributed by atoms with Crippen LogP contribution in [0.15, 0.2) is 18.2 Å². The first-order valence-corrected chi connectivity index (χ1v) is 9.36. The van der Waals surface area contributed by atoms with Crippen LogP contribution in [0.2, 0.25) is 10.0 Å². The van der Waals surface area contributed by atoms with E-state index in [-0.39, 0.29) is 30.2 Å². The maximum Gasteiger partial charge on any atom is 0.227 e. The highest BCUT2D eigenvalue weighted by Gasteiger charge is 2.37. The molecule has 1 heterocycles. The largest absolute Gasteiger partial charge is 0.353 e. The van der Waals surface area contributed by atoms with Crippen LogP contribution in [0.3, 0.4) is 0 Å². The monoisotopic (exact) mass is 368 g/mol. The van der Waals surface area contributed by atoms with E-state index >= 15 is 0 Å². The van der Waals surface area contributed by atoms with Gasteiger partial charge in [0, 0.05) is 19.0 Å². The van der Waals surface area contributed by atoms with Crippen molar-refractivity contribution in [3.63, 3.8) is 0 Å². The van der Waals surface area contributed by atoms with Crippen LogP contribution < -0.4 is 10.2 Å². The zero-order valence-electron chi connectivity index (χ0n) is 13.6. The van der Waals surface area contributed by atoms with Crippen molar-refractivity contribution in [2.24, 2.45) is 5.92 Å². The number of hydrogen-bond donors (Lipinski definition) is 1. The summed E-state index contributed by atoms with van der Waals surface area (Å²) in [5.74, 6) is -0.472. The van der Waals surface area contributed by atoms with Crippen molar-refractivity contribution in [3.05, 3.63) is 28.2 Å². The predicted octanol–water partition coefficient (Wildman–Crippen LogP) is 4.19. The maximum atomic E-state index is 12.6. The molecule has 0 aromatic heterocycles. The highest BCUT2D eigenvalue weighted by atomic mass is 35.5. The number of nitrogens with zero attached hydrogens (tertiary/aromatic N) is 1. The molecule has 0 radical (unpaired) electrons. The van der Waals surface area contributed by atoms with Crippen LogP contribution in [0.25, 0.3) is 0 Å². The minimum atomic E-state index is -0.340. The summed E-state index contributed by atoms with van der Waals surface area (Å²) >= 11 is 12.4. The molecule has 1 saturated heterocycles. The number of para-hydroxylation sites is 1. The number of amides is 2. The summed E-state index contributed by atoms with van der Waals surface area (Å²) in [5, 5.41) is 4.00. The molecule has 2 fully saturated rings. The smallest absolute Gasteiger partial charge is 0.227 e. The molecule has 0 bridgehead atoms. The molecule has 2 aliphatic rings. The van der Waals surface area contributed by atoms with Crippen LogP contribution in [-0.4, -0.2) is 24.4 Å². The van der Waals surface area contributed by atoms with E-state index in [0.717, 1.165) is 25.7 Å². The second-order valence-electron chi connectivity index (χ2n) is 6.67. The van der Waals surface area contributed by atoms with Crippen LogP contribution in [0.4, 0.5) is 5.69 Å². The SMILES string of the molecule is O=C(NC1CCCCCC1)C1CC(=O)N(c2c(Cl)cccc2Cl)C1. The molecule has 0 spiro atoms. The Kier molecular flexibility index (Phi) is 5.67. The Bertz CT molecular complexity index is 607.